The molecule has 10 unspecified atom stereocenters. The molecule has 518 valence electrons. The van der Waals surface area contributed by atoms with Gasteiger partial charge in [0.2, 0.25) is 35.0 Å². The lowest BCUT2D eigenvalue weighted by Gasteiger charge is -2.57. The van der Waals surface area contributed by atoms with E-state index >= 15 is 0 Å². The summed E-state index contributed by atoms with van der Waals surface area (Å²) in [6.45, 7) is 0. The number of fused-ring (bicyclic) bond motifs is 18. The molecule has 6 aliphatic heterocycles. The molecule has 0 spiro atoms. The predicted molar refractivity (Wildman–Crippen MR) is 342 cm³/mol. The van der Waals surface area contributed by atoms with E-state index in [9.17, 15) is 71.9 Å². The van der Waals surface area contributed by atoms with Crippen molar-refractivity contribution < 1.29 is 80.0 Å². The average molecular weight is 1380 g/mol. The van der Waals surface area contributed by atoms with Crippen molar-refractivity contribution >= 4 is 80.4 Å². The highest BCUT2D eigenvalue weighted by atomic mass is 16.6. The number of imide groups is 2. The fraction of sp³-hybridized carbons (Fsp3) is 0.308. The number of esters is 2. The van der Waals surface area contributed by atoms with Crippen LogP contribution in [0.15, 0.2) is 139 Å². The van der Waals surface area contributed by atoms with Crippen LogP contribution in [-0.2, 0) is 49.9 Å². The minimum Gasteiger partial charge on any atom is -0.490 e. The standard InChI is InChI=1S/C20H18N4O8.C18H15NO6.C12H8O4.3C5H6N2O2/c1-23-11-9(16(26)22-19(23)28)7-5-4-6-8-15(25)21-20(29)24(2)17(8)31-12(6)14(30-3)13(5)32-18(27)10(7)11;1-19-10(21)6-9(20)12-11-8-5-7-3-4-24-15(7)17(23-2)16(8)25-18(22)13(11)14(12)19;1-14-12-10-8(4-5-15-10)6-7-2-3-9(13)16-11(7)12;3*1-7-3-2-4(8)6-5(7)9/h4,7-11,17H,1-3H3,(H,21,25,29)(H,22,26,28);3-5,11-14H,6H2,1-2H3;2-6H,1H3;3*2-3H,1H3,(H,6,8,9). The van der Waals surface area contributed by atoms with E-state index in [0.717, 1.165) is 21.7 Å². The molecule has 8 aliphatic rings. The van der Waals surface area contributed by atoms with E-state index in [1.807, 2.05) is 18.2 Å². The topological polar surface area (TPSA) is 447 Å². The number of H-pyrrole nitrogens is 3. The normalized spacial score (nSPS) is 22.8. The molecule has 0 radical (unpaired) electrons. The fourth-order valence-corrected chi connectivity index (χ4v) is 13.5. The number of ether oxygens (including phenoxy) is 6. The number of urea groups is 2. The molecular weight excluding hydrogens is 1320 g/mol. The molecule has 100 heavy (non-hydrogen) atoms. The van der Waals surface area contributed by atoms with Gasteiger partial charge in [0.25, 0.3) is 16.7 Å². The van der Waals surface area contributed by atoms with E-state index in [0.29, 0.717) is 45.1 Å². The van der Waals surface area contributed by atoms with Crippen LogP contribution < -0.4 is 78.4 Å². The van der Waals surface area contributed by atoms with Crippen LogP contribution >= 0.6 is 0 Å². The summed E-state index contributed by atoms with van der Waals surface area (Å²) in [6.07, 6.45) is 6.37. The summed E-state index contributed by atoms with van der Waals surface area (Å²) in [7, 11) is 13.8. The van der Waals surface area contributed by atoms with Crippen LogP contribution in [0.5, 0.6) is 34.5 Å². The monoisotopic (exact) mass is 1380 g/mol. The van der Waals surface area contributed by atoms with Gasteiger partial charge in [0.1, 0.15) is 11.7 Å². The van der Waals surface area contributed by atoms with Crippen molar-refractivity contribution in [1.29, 1.82) is 0 Å². The van der Waals surface area contributed by atoms with Crippen LogP contribution in [0.3, 0.4) is 0 Å². The lowest BCUT2D eigenvalue weighted by molar-refractivity contribution is -0.170. The second-order valence-electron chi connectivity index (χ2n) is 23.9. The van der Waals surface area contributed by atoms with Gasteiger partial charge < -0.3 is 65.2 Å². The molecule has 3 saturated heterocycles. The fourth-order valence-electron chi connectivity index (χ4n) is 13.5. The Labute approximate surface area is 558 Å². The molecular formula is C65H59N11O24. The molecule has 2 saturated carbocycles. The molecule has 9 aromatic rings. The number of rotatable bonds is 3. The molecule has 0 bridgehead atoms. The number of nitrogens with one attached hydrogen (secondary N) is 5. The van der Waals surface area contributed by atoms with Crippen LogP contribution in [-0.4, -0.2) is 152 Å². The van der Waals surface area contributed by atoms with E-state index < -0.39 is 89.3 Å². The van der Waals surface area contributed by atoms with Crippen LogP contribution in [0.25, 0.3) is 32.9 Å². The van der Waals surface area contributed by atoms with Crippen LogP contribution in [0.2, 0.25) is 0 Å². The van der Waals surface area contributed by atoms with Gasteiger partial charge in [0.15, 0.2) is 40.2 Å². The van der Waals surface area contributed by atoms with E-state index in [4.69, 9.17) is 41.7 Å². The number of likely N-dealkylation sites (N-methyl/N-ethyl adjacent to an activating group) is 1. The summed E-state index contributed by atoms with van der Waals surface area (Å²) in [6, 6.07) is 13.9. The summed E-state index contributed by atoms with van der Waals surface area (Å²) >= 11 is 0. The quantitative estimate of drug-likeness (QED) is 0.0704. The van der Waals surface area contributed by atoms with Crippen molar-refractivity contribution in [2.45, 2.75) is 42.5 Å². The second kappa shape index (κ2) is 25.9. The maximum absolute atomic E-state index is 12.9. The van der Waals surface area contributed by atoms with Gasteiger partial charge in [-0.1, -0.05) is 0 Å². The zero-order chi connectivity index (χ0) is 71.8. The van der Waals surface area contributed by atoms with E-state index in [-0.39, 0.29) is 80.9 Å². The van der Waals surface area contributed by atoms with Gasteiger partial charge in [-0.25, -0.2) is 28.8 Å². The first-order valence-corrected chi connectivity index (χ1v) is 30.3. The predicted octanol–water partition coefficient (Wildman–Crippen LogP) is 0.736. The van der Waals surface area contributed by atoms with Gasteiger partial charge in [-0.05, 0) is 36.4 Å². The summed E-state index contributed by atoms with van der Waals surface area (Å²) in [5.41, 5.74) is 0.628. The van der Waals surface area contributed by atoms with Gasteiger partial charge >= 0.3 is 46.7 Å². The number of furan rings is 2. The maximum Gasteiger partial charge on any atom is 0.336 e. The van der Waals surface area contributed by atoms with Crippen molar-refractivity contribution in [2.75, 3.05) is 42.5 Å². The van der Waals surface area contributed by atoms with E-state index in [1.165, 1.54) is 107 Å². The Morgan fingerprint density at radius 2 is 0.910 bits per heavy atom. The zero-order valence-corrected chi connectivity index (χ0v) is 54.1. The molecule has 12 heterocycles. The van der Waals surface area contributed by atoms with E-state index in [1.54, 1.807) is 58.9 Å². The number of benzene rings is 3. The summed E-state index contributed by atoms with van der Waals surface area (Å²) in [4.78, 5) is 184. The smallest absolute Gasteiger partial charge is 0.336 e. The minimum atomic E-state index is -0.883. The Morgan fingerprint density at radius 1 is 0.440 bits per heavy atom. The average Bonchev–Trinajstić information content (AvgIpc) is 0.959. The molecule has 5 N–H and O–H groups in total. The molecule has 7 amide bonds. The first-order chi connectivity index (χ1) is 47.7. The lowest BCUT2D eigenvalue weighted by atomic mass is 9.53. The molecule has 17 rings (SSSR count). The summed E-state index contributed by atoms with van der Waals surface area (Å²) < 4.78 is 53.0. The summed E-state index contributed by atoms with van der Waals surface area (Å²) in [5.74, 6) is -4.70. The van der Waals surface area contributed by atoms with Crippen LogP contribution in [0.4, 0.5) is 9.59 Å². The molecule has 2 aliphatic carbocycles. The SMILES string of the molecule is COc1c2c(cc3c1OC(=O)C1C3C3C(=O)NC(=O)N(C)C31)C1C(=O)NC(=O)N(C)C1O2.COc1c2c(cc3ccoc13)C1C3C(=O)CC(=O)N(C)C3C1C(=O)O2.COc1c2occc2cc2ccc(=O)oc12.Cn1ccc(=O)[nH]c1=O.Cn1ccc(=O)[nH]c1=O.Cn1ccc(=O)[nH]c1=O. The van der Waals surface area contributed by atoms with Crippen LogP contribution in [0, 0.1) is 23.7 Å². The highest BCUT2D eigenvalue weighted by molar-refractivity contribution is 6.07. The molecule has 35 heteroatoms. The number of aromatic nitrogens is 6. The highest BCUT2D eigenvalue weighted by Crippen LogP contribution is 2.63. The lowest BCUT2D eigenvalue weighted by Crippen LogP contribution is -2.72. The first kappa shape index (κ1) is 67.1. The number of hydrogen-bond acceptors (Lipinski definition) is 24. The number of hydrogen-bond donors (Lipinski definition) is 5. The third kappa shape index (κ3) is 11.5. The molecule has 5 fully saturated rings. The third-order valence-electron chi connectivity index (χ3n) is 18.4. The number of Topliss-reactive ketones (excluding diaryl/α,β-unsaturated/α-hetero) is 1. The van der Waals surface area contributed by atoms with Crippen molar-refractivity contribution in [3.05, 3.63) is 181 Å². The molecule has 35 nitrogen and oxygen atoms in total. The Bertz CT molecular complexity index is 5240. The van der Waals surface area contributed by atoms with Gasteiger partial charge in [0.05, 0.1) is 70.1 Å². The Morgan fingerprint density at radius 3 is 1.44 bits per heavy atom. The number of aryl methyl sites for hydroxylation is 3. The van der Waals surface area contributed by atoms with Gasteiger partial charge in [-0.15, -0.1) is 0 Å². The number of nitrogens with zero attached hydrogens (tertiary/aromatic N) is 6. The largest absolute Gasteiger partial charge is 0.490 e. The Hall–Kier alpha value is -12.9. The summed E-state index contributed by atoms with van der Waals surface area (Å²) in [5, 5.41) is 7.16. The third-order valence-corrected chi connectivity index (χ3v) is 18.4. The van der Waals surface area contributed by atoms with Crippen molar-refractivity contribution in [3.8, 4) is 34.5 Å². The number of ketones is 1. The second-order valence-corrected chi connectivity index (χ2v) is 23.9. The highest BCUT2D eigenvalue weighted by Gasteiger charge is 2.67. The first-order valence-electron chi connectivity index (χ1n) is 30.3. The number of piperidine rings is 1. The van der Waals surface area contributed by atoms with Crippen LogP contribution in [0.1, 0.15) is 40.9 Å². The number of amides is 7. The number of aromatic amines is 3. The maximum atomic E-state index is 12.9. The Kier molecular flexibility index (Phi) is 17.4. The van der Waals surface area contributed by atoms with Gasteiger partial charge in [-0.2, -0.15) is 0 Å². The zero-order valence-electron chi connectivity index (χ0n) is 54.1. The van der Waals surface area contributed by atoms with Gasteiger partial charge in [0, 0.05) is 136 Å². The Balaban J connectivity index is 0.000000123. The number of carbonyl (C=O) groups excluding carboxylic acids is 8. The molecule has 3 aromatic carbocycles. The van der Waals surface area contributed by atoms with Crippen molar-refractivity contribution in [1.82, 2.24) is 54.0 Å². The number of likely N-dealkylation sites (tertiary alicyclic amines) is 1. The van der Waals surface area contributed by atoms with E-state index in [2.05, 4.69) is 25.6 Å². The number of methoxy groups -OCH3 is 3. The molecule has 6 aromatic heterocycles. The van der Waals surface area contributed by atoms with Gasteiger partial charge in [-0.3, -0.25) is 73.6 Å². The minimum absolute atomic E-state index is 0.110. The number of carbonyl (C=O) groups is 8. The van der Waals surface area contributed by atoms with Crippen molar-refractivity contribution in [2.24, 2.45) is 44.8 Å². The molecule has 10 atom stereocenters. The van der Waals surface area contributed by atoms with Crippen molar-refractivity contribution in [3.63, 3.8) is 0 Å².